The van der Waals surface area contributed by atoms with Crippen molar-refractivity contribution >= 4 is 11.8 Å². The molecule has 0 aliphatic rings. The first kappa shape index (κ1) is 12.3. The molecule has 0 spiro atoms. The van der Waals surface area contributed by atoms with Crippen LogP contribution in [0.4, 0.5) is 16.2 Å². The van der Waals surface area contributed by atoms with Crippen LogP contribution in [-0.2, 0) is 6.54 Å². The minimum absolute atomic E-state index is 0.221. The zero-order chi connectivity index (χ0) is 13.0. The Morgan fingerprint density at radius 2 is 1.94 bits per heavy atom. The molecule has 18 heavy (non-hydrogen) atoms. The van der Waals surface area contributed by atoms with Crippen molar-refractivity contribution in [2.45, 2.75) is 6.54 Å². The summed E-state index contributed by atoms with van der Waals surface area (Å²) in [4.78, 5) is 10.4. The van der Waals surface area contributed by atoms with E-state index in [4.69, 9.17) is 0 Å². The number of nitrogens with zero attached hydrogens (tertiary/aromatic N) is 3. The Morgan fingerprint density at radius 3 is 2.61 bits per heavy atom. The van der Waals surface area contributed by atoms with Crippen molar-refractivity contribution in [3.63, 3.8) is 0 Å². The van der Waals surface area contributed by atoms with Gasteiger partial charge in [-0.05, 0) is 23.8 Å². The SMILES string of the molecule is CNc1nccc(N(C)Cc2ccc(F)cc2)n1. The minimum atomic E-state index is -0.221. The van der Waals surface area contributed by atoms with Crippen LogP contribution in [-0.4, -0.2) is 24.1 Å². The van der Waals surface area contributed by atoms with Crippen LogP contribution in [0.5, 0.6) is 0 Å². The molecule has 0 bridgehead atoms. The van der Waals surface area contributed by atoms with Crippen LogP contribution in [0.15, 0.2) is 36.5 Å². The number of aromatic nitrogens is 2. The Bertz CT molecular complexity index is 513. The summed E-state index contributed by atoms with van der Waals surface area (Å²) in [5.74, 6) is 1.18. The highest BCUT2D eigenvalue weighted by Crippen LogP contribution is 2.13. The lowest BCUT2D eigenvalue weighted by Crippen LogP contribution is -2.18. The van der Waals surface area contributed by atoms with Crippen LogP contribution in [0.25, 0.3) is 0 Å². The van der Waals surface area contributed by atoms with Gasteiger partial charge in [-0.3, -0.25) is 0 Å². The molecule has 0 saturated carbocycles. The molecular weight excluding hydrogens is 231 g/mol. The van der Waals surface area contributed by atoms with E-state index in [1.807, 2.05) is 18.0 Å². The molecule has 0 saturated heterocycles. The molecule has 2 rings (SSSR count). The van der Waals surface area contributed by atoms with Crippen molar-refractivity contribution in [2.24, 2.45) is 0 Å². The molecule has 4 nitrogen and oxygen atoms in total. The van der Waals surface area contributed by atoms with Crippen molar-refractivity contribution in [3.05, 3.63) is 47.9 Å². The predicted molar refractivity (Wildman–Crippen MR) is 70.1 cm³/mol. The fourth-order valence-corrected chi connectivity index (χ4v) is 1.63. The molecule has 1 aromatic carbocycles. The molecule has 1 heterocycles. The monoisotopic (exact) mass is 246 g/mol. The maximum Gasteiger partial charge on any atom is 0.224 e. The van der Waals surface area contributed by atoms with E-state index in [1.165, 1.54) is 12.1 Å². The van der Waals surface area contributed by atoms with Crippen molar-refractivity contribution in [1.82, 2.24) is 9.97 Å². The zero-order valence-electron chi connectivity index (χ0n) is 10.4. The molecule has 0 amide bonds. The fraction of sp³-hybridized carbons (Fsp3) is 0.231. The average Bonchev–Trinajstić information content (AvgIpc) is 2.41. The molecule has 0 radical (unpaired) electrons. The van der Waals surface area contributed by atoms with Crippen LogP contribution in [0.2, 0.25) is 0 Å². The smallest absolute Gasteiger partial charge is 0.224 e. The summed E-state index contributed by atoms with van der Waals surface area (Å²) >= 11 is 0. The van der Waals surface area contributed by atoms with Gasteiger partial charge in [-0.2, -0.15) is 4.98 Å². The largest absolute Gasteiger partial charge is 0.357 e. The van der Waals surface area contributed by atoms with Crippen molar-refractivity contribution in [3.8, 4) is 0 Å². The highest BCUT2D eigenvalue weighted by Gasteiger charge is 2.05. The second-order valence-corrected chi connectivity index (χ2v) is 3.97. The van der Waals surface area contributed by atoms with E-state index in [2.05, 4.69) is 15.3 Å². The minimum Gasteiger partial charge on any atom is -0.357 e. The predicted octanol–water partition coefficient (Wildman–Crippen LogP) is 2.29. The van der Waals surface area contributed by atoms with Gasteiger partial charge in [-0.25, -0.2) is 9.37 Å². The molecule has 1 N–H and O–H groups in total. The van der Waals surface area contributed by atoms with E-state index in [0.29, 0.717) is 12.5 Å². The Labute approximate surface area is 105 Å². The van der Waals surface area contributed by atoms with Gasteiger partial charge in [0.05, 0.1) is 0 Å². The summed E-state index contributed by atoms with van der Waals surface area (Å²) in [5.41, 5.74) is 1.03. The summed E-state index contributed by atoms with van der Waals surface area (Å²) in [6.07, 6.45) is 1.70. The quantitative estimate of drug-likeness (QED) is 0.898. The van der Waals surface area contributed by atoms with Gasteiger partial charge < -0.3 is 10.2 Å². The van der Waals surface area contributed by atoms with E-state index in [-0.39, 0.29) is 5.82 Å². The van der Waals surface area contributed by atoms with Crippen molar-refractivity contribution < 1.29 is 4.39 Å². The molecule has 0 fully saturated rings. The lowest BCUT2D eigenvalue weighted by molar-refractivity contribution is 0.627. The third-order valence-corrected chi connectivity index (χ3v) is 2.59. The number of rotatable bonds is 4. The highest BCUT2D eigenvalue weighted by molar-refractivity contribution is 5.42. The first-order valence-electron chi connectivity index (χ1n) is 5.65. The van der Waals surface area contributed by atoms with Gasteiger partial charge in [0, 0.05) is 26.8 Å². The van der Waals surface area contributed by atoms with Crippen molar-refractivity contribution in [1.29, 1.82) is 0 Å². The van der Waals surface area contributed by atoms with Gasteiger partial charge >= 0.3 is 0 Å². The Balaban J connectivity index is 2.11. The van der Waals surface area contributed by atoms with Crippen LogP contribution < -0.4 is 10.2 Å². The molecular formula is C13H15FN4. The molecule has 2 aromatic rings. The lowest BCUT2D eigenvalue weighted by Gasteiger charge is -2.18. The van der Waals surface area contributed by atoms with Gasteiger partial charge in [-0.1, -0.05) is 12.1 Å². The second kappa shape index (κ2) is 5.44. The normalized spacial score (nSPS) is 10.2. The van der Waals surface area contributed by atoms with Crippen LogP contribution in [0.3, 0.4) is 0 Å². The summed E-state index contributed by atoms with van der Waals surface area (Å²) in [6, 6.07) is 8.30. The Kier molecular flexibility index (Phi) is 3.72. The molecule has 0 aliphatic carbocycles. The molecule has 1 aromatic heterocycles. The molecule has 0 atom stereocenters. The van der Waals surface area contributed by atoms with E-state index in [1.54, 1.807) is 25.4 Å². The van der Waals surface area contributed by atoms with Gasteiger partial charge in [0.2, 0.25) is 5.95 Å². The molecule has 5 heteroatoms. The Hall–Kier alpha value is -2.17. The zero-order valence-corrected chi connectivity index (χ0v) is 10.4. The second-order valence-electron chi connectivity index (χ2n) is 3.97. The standard InChI is InChI=1S/C13H15FN4/c1-15-13-16-8-7-12(17-13)18(2)9-10-3-5-11(14)6-4-10/h3-8H,9H2,1-2H3,(H,15,16,17). The molecule has 0 aliphatic heterocycles. The number of anilines is 2. The summed E-state index contributed by atoms with van der Waals surface area (Å²) in [7, 11) is 3.71. The summed E-state index contributed by atoms with van der Waals surface area (Å²) in [5, 5.41) is 2.90. The van der Waals surface area contributed by atoms with E-state index in [9.17, 15) is 4.39 Å². The van der Waals surface area contributed by atoms with Crippen molar-refractivity contribution in [2.75, 3.05) is 24.3 Å². The first-order valence-corrected chi connectivity index (χ1v) is 5.65. The third kappa shape index (κ3) is 2.94. The number of hydrogen-bond acceptors (Lipinski definition) is 4. The summed E-state index contributed by atoms with van der Waals surface area (Å²) < 4.78 is 12.8. The van der Waals surface area contributed by atoms with Crippen LogP contribution in [0, 0.1) is 5.82 Å². The topological polar surface area (TPSA) is 41.1 Å². The molecule has 0 unspecified atom stereocenters. The fourth-order valence-electron chi connectivity index (χ4n) is 1.63. The number of benzene rings is 1. The maximum absolute atomic E-state index is 12.8. The van der Waals surface area contributed by atoms with Gasteiger partial charge in [-0.15, -0.1) is 0 Å². The summed E-state index contributed by atoms with van der Waals surface area (Å²) in [6.45, 7) is 0.667. The third-order valence-electron chi connectivity index (χ3n) is 2.59. The number of nitrogens with one attached hydrogen (secondary N) is 1. The van der Waals surface area contributed by atoms with Crippen LogP contribution in [0.1, 0.15) is 5.56 Å². The van der Waals surface area contributed by atoms with Gasteiger partial charge in [0.15, 0.2) is 0 Å². The van der Waals surface area contributed by atoms with E-state index >= 15 is 0 Å². The lowest BCUT2D eigenvalue weighted by atomic mass is 10.2. The van der Waals surface area contributed by atoms with Gasteiger partial charge in [0.25, 0.3) is 0 Å². The number of halogens is 1. The maximum atomic E-state index is 12.8. The Morgan fingerprint density at radius 1 is 1.22 bits per heavy atom. The first-order chi connectivity index (χ1) is 8.69. The average molecular weight is 246 g/mol. The number of hydrogen-bond donors (Lipinski definition) is 1. The van der Waals surface area contributed by atoms with E-state index < -0.39 is 0 Å². The highest BCUT2D eigenvalue weighted by atomic mass is 19.1. The van der Waals surface area contributed by atoms with E-state index in [0.717, 1.165) is 11.4 Å². The molecule has 94 valence electrons. The van der Waals surface area contributed by atoms with Crippen LogP contribution >= 0.6 is 0 Å². The van der Waals surface area contributed by atoms with Gasteiger partial charge in [0.1, 0.15) is 11.6 Å².